The Hall–Kier alpha value is -2.92. The topological polar surface area (TPSA) is 132 Å². The lowest BCUT2D eigenvalue weighted by atomic mass is 9.64. The number of hydroxylamine groups is 2. The van der Waals surface area contributed by atoms with Crippen LogP contribution in [0.3, 0.4) is 0 Å². The number of amides is 1. The first kappa shape index (κ1) is 28.6. The lowest BCUT2D eigenvalue weighted by molar-refractivity contribution is -0.220. The summed E-state index contributed by atoms with van der Waals surface area (Å²) >= 11 is 0. The largest absolute Gasteiger partial charge is 0.467 e. The Morgan fingerprint density at radius 3 is 2.03 bits per heavy atom. The van der Waals surface area contributed by atoms with Crippen LogP contribution in [0.4, 0.5) is 4.79 Å². The molecule has 0 aromatic rings. The summed E-state index contributed by atoms with van der Waals surface area (Å²) in [5.41, 5.74) is -5.07. The molecule has 3 rings (SSSR count). The molecule has 11 nitrogen and oxygen atoms in total. The van der Waals surface area contributed by atoms with Crippen molar-refractivity contribution in [1.82, 2.24) is 9.96 Å². The molecule has 0 aromatic heterocycles. The van der Waals surface area contributed by atoms with E-state index in [1.165, 1.54) is 0 Å². The van der Waals surface area contributed by atoms with E-state index in [1.807, 2.05) is 0 Å². The van der Waals surface area contributed by atoms with E-state index in [0.717, 1.165) is 17.1 Å². The molecule has 2 atom stereocenters. The summed E-state index contributed by atoms with van der Waals surface area (Å²) in [6.45, 7) is 15.1. The van der Waals surface area contributed by atoms with Crippen molar-refractivity contribution in [2.75, 3.05) is 20.3 Å². The maximum Gasteiger partial charge on any atom is 0.412 e. The molecule has 0 spiro atoms. The molecule has 1 amide bonds. The Balaban J connectivity index is 2.50. The molecule has 11 heteroatoms. The SMILES string of the molecule is CCOC(=O)C1=C(C(=O)OCC)C2(C(=O)OC)C3=C(CC(C)(C)N(O)C3(C)C)C1N2C(=O)OC(C)(C)C. The van der Waals surface area contributed by atoms with E-state index in [4.69, 9.17) is 18.9 Å². The molecule has 0 aromatic carbocycles. The molecule has 3 heterocycles. The van der Waals surface area contributed by atoms with Crippen molar-refractivity contribution >= 4 is 24.0 Å². The van der Waals surface area contributed by atoms with Crippen LogP contribution in [0.5, 0.6) is 0 Å². The van der Waals surface area contributed by atoms with Gasteiger partial charge in [-0.3, -0.25) is 4.90 Å². The third-order valence-corrected chi connectivity index (χ3v) is 6.92. The number of carbonyl (C=O) groups is 4. The number of ether oxygens (including phenoxy) is 4. The van der Waals surface area contributed by atoms with Gasteiger partial charge in [0.1, 0.15) is 5.60 Å². The monoisotopic (exact) mass is 522 g/mol. The van der Waals surface area contributed by atoms with Crippen molar-refractivity contribution in [1.29, 1.82) is 0 Å². The Morgan fingerprint density at radius 1 is 1.00 bits per heavy atom. The summed E-state index contributed by atoms with van der Waals surface area (Å²) in [5.74, 6) is -2.82. The van der Waals surface area contributed by atoms with Gasteiger partial charge in [0, 0.05) is 5.54 Å². The normalized spacial score (nSPS) is 26.1. The molecule has 0 saturated heterocycles. The quantitative estimate of drug-likeness (QED) is 0.326. The molecule has 0 saturated carbocycles. The van der Waals surface area contributed by atoms with Gasteiger partial charge < -0.3 is 24.2 Å². The highest BCUT2D eigenvalue weighted by atomic mass is 16.6. The first-order valence-electron chi connectivity index (χ1n) is 12.4. The van der Waals surface area contributed by atoms with Crippen molar-refractivity contribution < 1.29 is 43.3 Å². The van der Waals surface area contributed by atoms with Gasteiger partial charge in [0.05, 0.1) is 43.1 Å². The minimum Gasteiger partial charge on any atom is -0.467 e. The lowest BCUT2D eigenvalue weighted by Gasteiger charge is -2.52. The molecule has 0 radical (unpaired) electrons. The van der Waals surface area contributed by atoms with E-state index < -0.39 is 52.3 Å². The lowest BCUT2D eigenvalue weighted by Crippen LogP contribution is -2.65. The van der Waals surface area contributed by atoms with Gasteiger partial charge in [-0.15, -0.1) is 0 Å². The number of fused-ring (bicyclic) bond motifs is 4. The highest BCUT2D eigenvalue weighted by Gasteiger charge is 2.76. The number of hydrogen-bond donors (Lipinski definition) is 1. The summed E-state index contributed by atoms with van der Waals surface area (Å²) in [6, 6.07) is -1.17. The Morgan fingerprint density at radius 2 is 1.54 bits per heavy atom. The van der Waals surface area contributed by atoms with Crippen LogP contribution in [-0.4, -0.2) is 87.8 Å². The number of methoxy groups -OCH3 is 1. The second-order valence-electron chi connectivity index (χ2n) is 11.4. The minimum absolute atomic E-state index is 0.00384. The zero-order chi connectivity index (χ0) is 28.3. The van der Waals surface area contributed by atoms with Gasteiger partial charge in [-0.25, -0.2) is 19.2 Å². The van der Waals surface area contributed by atoms with Crippen LogP contribution in [-0.2, 0) is 33.3 Å². The highest BCUT2D eigenvalue weighted by Crippen LogP contribution is 2.62. The fourth-order valence-corrected chi connectivity index (χ4v) is 6.03. The minimum atomic E-state index is -2.23. The smallest absolute Gasteiger partial charge is 0.412 e. The molecular formula is C26H38N2O9. The van der Waals surface area contributed by atoms with Crippen molar-refractivity contribution in [3.05, 3.63) is 22.3 Å². The van der Waals surface area contributed by atoms with Crippen LogP contribution in [0.1, 0.15) is 68.7 Å². The number of carbonyl (C=O) groups excluding carboxylic acids is 4. The molecule has 37 heavy (non-hydrogen) atoms. The molecule has 3 aliphatic rings. The van der Waals surface area contributed by atoms with Gasteiger partial charge in [0.25, 0.3) is 0 Å². The van der Waals surface area contributed by atoms with Crippen molar-refractivity contribution in [2.45, 2.75) is 97.0 Å². The van der Waals surface area contributed by atoms with Gasteiger partial charge >= 0.3 is 24.0 Å². The number of hydrogen-bond acceptors (Lipinski definition) is 10. The van der Waals surface area contributed by atoms with E-state index in [0.29, 0.717) is 5.57 Å². The number of esters is 3. The Labute approximate surface area is 217 Å². The fourth-order valence-electron chi connectivity index (χ4n) is 6.03. The summed E-state index contributed by atoms with van der Waals surface area (Å²) < 4.78 is 21.5. The second kappa shape index (κ2) is 9.13. The third-order valence-electron chi connectivity index (χ3n) is 6.92. The summed E-state index contributed by atoms with van der Waals surface area (Å²) in [6.07, 6.45) is -0.763. The summed E-state index contributed by atoms with van der Waals surface area (Å²) in [4.78, 5) is 55.9. The van der Waals surface area contributed by atoms with Crippen LogP contribution in [0.15, 0.2) is 22.3 Å². The van der Waals surface area contributed by atoms with Crippen molar-refractivity contribution in [3.8, 4) is 0 Å². The Kier molecular flexibility index (Phi) is 7.07. The van der Waals surface area contributed by atoms with Crippen molar-refractivity contribution in [2.24, 2.45) is 0 Å². The van der Waals surface area contributed by atoms with Gasteiger partial charge in [-0.05, 0) is 79.9 Å². The van der Waals surface area contributed by atoms with Crippen LogP contribution < -0.4 is 0 Å². The van der Waals surface area contributed by atoms with Crippen LogP contribution in [0.25, 0.3) is 0 Å². The molecule has 2 unspecified atom stereocenters. The van der Waals surface area contributed by atoms with E-state index in [1.54, 1.807) is 62.3 Å². The van der Waals surface area contributed by atoms with E-state index >= 15 is 0 Å². The molecule has 3 aliphatic heterocycles. The predicted octanol–water partition coefficient (Wildman–Crippen LogP) is 2.90. The number of rotatable bonds is 5. The maximum atomic E-state index is 13.9. The zero-order valence-electron chi connectivity index (χ0n) is 23.3. The van der Waals surface area contributed by atoms with Gasteiger partial charge in [-0.2, -0.15) is 5.06 Å². The first-order valence-corrected chi connectivity index (χ1v) is 12.4. The second-order valence-corrected chi connectivity index (χ2v) is 11.4. The molecule has 206 valence electrons. The first-order chi connectivity index (χ1) is 16.9. The number of nitrogens with zero attached hydrogens (tertiary/aromatic N) is 2. The predicted molar refractivity (Wildman–Crippen MR) is 130 cm³/mol. The average molecular weight is 523 g/mol. The van der Waals surface area contributed by atoms with Gasteiger partial charge in [0.2, 0.25) is 5.54 Å². The van der Waals surface area contributed by atoms with E-state index in [2.05, 4.69) is 0 Å². The van der Waals surface area contributed by atoms with Crippen molar-refractivity contribution in [3.63, 3.8) is 0 Å². The fraction of sp³-hybridized carbons (Fsp3) is 0.692. The Bertz CT molecular complexity index is 1100. The average Bonchev–Trinajstić information content (AvgIpc) is 3.23. The molecule has 0 fully saturated rings. The molecule has 0 aliphatic carbocycles. The molecular weight excluding hydrogens is 484 g/mol. The molecule has 2 bridgehead atoms. The van der Waals surface area contributed by atoms with Gasteiger partial charge in [-0.1, -0.05) is 0 Å². The molecule has 1 N–H and O–H groups in total. The standard InChI is InChI=1S/C26H38N2O9/c1-11-35-19(29)15-16(20(30)36-12-2)26(21(31)34-10)18-14(13-24(6,7)28(33)25(18,8)9)17(15)27(26)22(32)37-23(3,4)5/h17,33H,11-13H2,1-10H3. The van der Waals surface area contributed by atoms with E-state index in [-0.39, 0.29) is 36.4 Å². The van der Waals surface area contributed by atoms with Gasteiger partial charge in [0.15, 0.2) is 0 Å². The third kappa shape index (κ3) is 4.03. The summed E-state index contributed by atoms with van der Waals surface area (Å²) in [7, 11) is 1.12. The zero-order valence-corrected chi connectivity index (χ0v) is 23.3. The van der Waals surface area contributed by atoms with Crippen LogP contribution in [0.2, 0.25) is 0 Å². The maximum absolute atomic E-state index is 13.9. The van der Waals surface area contributed by atoms with Crippen LogP contribution in [0, 0.1) is 0 Å². The van der Waals surface area contributed by atoms with E-state index in [9.17, 15) is 24.4 Å². The highest BCUT2D eigenvalue weighted by molar-refractivity contribution is 6.15. The summed E-state index contributed by atoms with van der Waals surface area (Å²) in [5, 5.41) is 12.4. The van der Waals surface area contributed by atoms with Crippen LogP contribution >= 0.6 is 0 Å².